The number of carbonyl (C=O) groups is 1. The third-order valence-electron chi connectivity index (χ3n) is 6.41. The number of hydrogen-bond donors (Lipinski definition) is 1. The van der Waals surface area contributed by atoms with Crippen LogP contribution in [0.25, 0.3) is 10.9 Å². The summed E-state index contributed by atoms with van der Waals surface area (Å²) in [4.78, 5) is 23.6. The van der Waals surface area contributed by atoms with Crippen molar-refractivity contribution in [2.45, 2.75) is 32.0 Å². The molecule has 2 heterocycles. The average molecular weight is 607 g/mol. The van der Waals surface area contributed by atoms with E-state index in [2.05, 4.69) is 9.97 Å². The molecule has 0 aliphatic heterocycles. The summed E-state index contributed by atoms with van der Waals surface area (Å²) < 4.78 is 5.72. The number of para-hydroxylation sites is 1. The molecule has 2 aromatic heterocycles. The van der Waals surface area contributed by atoms with E-state index in [4.69, 9.17) is 39.5 Å². The number of benzene rings is 3. The first-order valence-electron chi connectivity index (χ1n) is 12.8. The minimum absolute atomic E-state index is 0.0160. The number of ether oxygens (including phenoxy) is 1. The number of anilines is 2. The Balaban J connectivity index is 1.75. The van der Waals surface area contributed by atoms with Crippen molar-refractivity contribution in [1.29, 1.82) is 0 Å². The van der Waals surface area contributed by atoms with Gasteiger partial charge in [0, 0.05) is 28.4 Å². The highest BCUT2D eigenvalue weighted by atomic mass is 35.5. The first-order valence-corrected chi connectivity index (χ1v) is 13.9. The summed E-state index contributed by atoms with van der Waals surface area (Å²) in [6.45, 7) is 5.33. The molecule has 0 spiro atoms. The van der Waals surface area contributed by atoms with Gasteiger partial charge in [0.1, 0.15) is 16.9 Å². The van der Waals surface area contributed by atoms with Crippen molar-refractivity contribution < 1.29 is 14.6 Å². The summed E-state index contributed by atoms with van der Waals surface area (Å²) in [5, 5.41) is 13.5. The maximum absolute atomic E-state index is 13.5. The first-order chi connectivity index (χ1) is 19.5. The molecule has 1 unspecified atom stereocenters. The van der Waals surface area contributed by atoms with Crippen molar-refractivity contribution in [3.63, 3.8) is 0 Å². The van der Waals surface area contributed by atoms with E-state index in [0.717, 1.165) is 0 Å². The fourth-order valence-electron chi connectivity index (χ4n) is 4.60. The zero-order valence-corrected chi connectivity index (χ0v) is 24.7. The molecule has 3 aromatic carbocycles. The van der Waals surface area contributed by atoms with Crippen LogP contribution in [-0.2, 0) is 10.3 Å². The minimum Gasteiger partial charge on any atom is -0.443 e. The molecule has 1 atom stereocenters. The topological polar surface area (TPSA) is 75.5 Å². The third-order valence-corrected chi connectivity index (χ3v) is 7.29. The second kappa shape index (κ2) is 11.3. The maximum atomic E-state index is 13.5. The van der Waals surface area contributed by atoms with E-state index in [1.165, 1.54) is 4.90 Å². The molecule has 5 aromatic rings. The van der Waals surface area contributed by atoms with Crippen LogP contribution in [0.3, 0.4) is 0 Å². The van der Waals surface area contributed by atoms with Crippen LogP contribution < -0.4 is 4.90 Å². The van der Waals surface area contributed by atoms with Gasteiger partial charge < -0.3 is 9.84 Å². The number of carbonyl (C=O) groups excluding carboxylic acids is 1. The Hall–Kier alpha value is -3.68. The zero-order chi connectivity index (χ0) is 29.4. The molecule has 0 aliphatic carbocycles. The van der Waals surface area contributed by atoms with Gasteiger partial charge in [-0.2, -0.15) is 0 Å². The van der Waals surface area contributed by atoms with Gasteiger partial charge >= 0.3 is 6.09 Å². The summed E-state index contributed by atoms with van der Waals surface area (Å²) in [5.74, 6) is 0. The van der Waals surface area contributed by atoms with E-state index < -0.39 is 17.3 Å². The van der Waals surface area contributed by atoms with Gasteiger partial charge in [0.25, 0.3) is 0 Å². The quantitative estimate of drug-likeness (QED) is 0.202. The summed E-state index contributed by atoms with van der Waals surface area (Å²) in [5.41, 5.74) is 0.262. The van der Waals surface area contributed by atoms with Crippen LogP contribution in [0.2, 0.25) is 15.2 Å². The highest BCUT2D eigenvalue weighted by Crippen LogP contribution is 2.44. The second-order valence-electron chi connectivity index (χ2n) is 10.4. The standard InChI is InChI=1S/C32H26Cl3N3O3/c1-31(2,3)41-30(39)38(24-12-5-4-6-13-24)28-27(34)25-18-21(14-15-26(25)37-29(28)35)32(40,22-10-8-16-36-19-22)20-9-7-11-23(33)17-20/h4-19,40H,1-3H3. The van der Waals surface area contributed by atoms with Crippen LogP contribution in [0.5, 0.6) is 0 Å². The number of fused-ring (bicyclic) bond motifs is 1. The monoisotopic (exact) mass is 605 g/mol. The number of hydrogen-bond acceptors (Lipinski definition) is 5. The summed E-state index contributed by atoms with van der Waals surface area (Å²) in [6, 6.07) is 24.6. The lowest BCUT2D eigenvalue weighted by molar-refractivity contribution is 0.0599. The SMILES string of the molecule is CC(C)(C)OC(=O)N(c1ccccc1)c1c(Cl)nc2ccc(C(O)(c3cccnc3)c3cccc(Cl)c3)cc2c1Cl. The molecule has 1 amide bonds. The third kappa shape index (κ3) is 5.74. The lowest BCUT2D eigenvalue weighted by Crippen LogP contribution is -2.34. The average Bonchev–Trinajstić information content (AvgIpc) is 2.94. The smallest absolute Gasteiger partial charge is 0.419 e. The van der Waals surface area contributed by atoms with Crippen LogP contribution in [0.15, 0.2) is 97.3 Å². The maximum Gasteiger partial charge on any atom is 0.419 e. The van der Waals surface area contributed by atoms with Crippen molar-refractivity contribution in [2.75, 3.05) is 4.90 Å². The molecule has 0 bridgehead atoms. The van der Waals surface area contributed by atoms with Crippen LogP contribution in [0.4, 0.5) is 16.2 Å². The Morgan fingerprint density at radius 3 is 2.22 bits per heavy atom. The second-order valence-corrected chi connectivity index (χ2v) is 11.6. The van der Waals surface area contributed by atoms with Crippen LogP contribution in [-0.4, -0.2) is 26.8 Å². The molecule has 0 fully saturated rings. The molecule has 1 N–H and O–H groups in total. The van der Waals surface area contributed by atoms with Crippen LogP contribution >= 0.6 is 34.8 Å². The van der Waals surface area contributed by atoms with E-state index in [9.17, 15) is 9.90 Å². The van der Waals surface area contributed by atoms with E-state index in [1.807, 2.05) is 6.07 Å². The summed E-state index contributed by atoms with van der Waals surface area (Å²) >= 11 is 20.1. The lowest BCUT2D eigenvalue weighted by Gasteiger charge is -2.31. The van der Waals surface area contributed by atoms with Gasteiger partial charge in [-0.1, -0.05) is 77.3 Å². The highest BCUT2D eigenvalue weighted by molar-refractivity contribution is 6.43. The summed E-state index contributed by atoms with van der Waals surface area (Å²) in [7, 11) is 0. The van der Waals surface area contributed by atoms with Gasteiger partial charge in [-0.3, -0.25) is 4.98 Å². The van der Waals surface area contributed by atoms with Gasteiger partial charge in [0.05, 0.1) is 16.2 Å². The van der Waals surface area contributed by atoms with Gasteiger partial charge in [0.15, 0.2) is 5.15 Å². The molecule has 5 rings (SSSR count). The first kappa shape index (κ1) is 28.8. The van der Waals surface area contributed by atoms with Gasteiger partial charge in [-0.05, 0) is 74.4 Å². The molecule has 9 heteroatoms. The minimum atomic E-state index is -1.64. The number of nitrogens with zero attached hydrogens (tertiary/aromatic N) is 3. The van der Waals surface area contributed by atoms with Crippen LogP contribution in [0.1, 0.15) is 37.5 Å². The summed E-state index contributed by atoms with van der Waals surface area (Å²) in [6.07, 6.45) is 2.56. The Morgan fingerprint density at radius 1 is 0.854 bits per heavy atom. The Bertz CT molecular complexity index is 1730. The Morgan fingerprint density at radius 2 is 1.56 bits per heavy atom. The lowest BCUT2D eigenvalue weighted by atomic mass is 9.80. The van der Waals surface area contributed by atoms with Crippen molar-refractivity contribution in [3.05, 3.63) is 129 Å². The number of halogens is 3. The molecule has 0 aliphatic rings. The van der Waals surface area contributed by atoms with E-state index in [1.54, 1.807) is 112 Å². The Kier molecular flexibility index (Phi) is 7.95. The molecule has 6 nitrogen and oxygen atoms in total. The fourth-order valence-corrected chi connectivity index (χ4v) is 5.44. The number of aromatic nitrogens is 2. The van der Waals surface area contributed by atoms with Crippen molar-refractivity contribution in [1.82, 2.24) is 9.97 Å². The molecule has 0 radical (unpaired) electrons. The largest absolute Gasteiger partial charge is 0.443 e. The van der Waals surface area contributed by atoms with Gasteiger partial charge in [-0.25, -0.2) is 14.7 Å². The Labute approximate surface area is 253 Å². The predicted molar refractivity (Wildman–Crippen MR) is 164 cm³/mol. The number of rotatable bonds is 5. The van der Waals surface area contributed by atoms with Crippen LogP contribution in [0, 0.1) is 0 Å². The highest BCUT2D eigenvalue weighted by Gasteiger charge is 2.36. The molecule has 0 saturated carbocycles. The van der Waals surface area contributed by atoms with Gasteiger partial charge in [-0.15, -0.1) is 0 Å². The molecular weight excluding hydrogens is 581 g/mol. The van der Waals surface area contributed by atoms with Crippen molar-refractivity contribution >= 4 is 63.2 Å². The van der Waals surface area contributed by atoms with E-state index in [0.29, 0.717) is 38.3 Å². The zero-order valence-electron chi connectivity index (χ0n) is 22.5. The molecular formula is C32H26Cl3N3O3. The van der Waals surface area contributed by atoms with Crippen molar-refractivity contribution in [3.8, 4) is 0 Å². The predicted octanol–water partition coefficient (Wildman–Crippen LogP) is 8.95. The van der Waals surface area contributed by atoms with E-state index in [-0.39, 0.29) is 15.9 Å². The molecule has 208 valence electrons. The molecule has 0 saturated heterocycles. The number of pyridine rings is 2. The van der Waals surface area contributed by atoms with Crippen molar-refractivity contribution in [2.24, 2.45) is 0 Å². The molecule has 41 heavy (non-hydrogen) atoms. The fraction of sp³-hybridized carbons (Fsp3) is 0.156. The van der Waals surface area contributed by atoms with Gasteiger partial charge in [0.2, 0.25) is 0 Å². The normalized spacial score (nSPS) is 13.0. The number of amides is 1. The number of aliphatic hydroxyl groups is 1. The van der Waals surface area contributed by atoms with E-state index >= 15 is 0 Å².